The number of rotatable bonds is 7. The number of amides is 1. The van der Waals surface area contributed by atoms with Crippen molar-refractivity contribution in [2.45, 2.75) is 49.5 Å². The van der Waals surface area contributed by atoms with Crippen molar-refractivity contribution in [1.82, 2.24) is 14.5 Å². The van der Waals surface area contributed by atoms with Gasteiger partial charge < -0.3 is 9.15 Å². The lowest BCUT2D eigenvalue weighted by molar-refractivity contribution is 0.0979. The summed E-state index contributed by atoms with van der Waals surface area (Å²) in [6, 6.07) is 11.9. The standard InChI is InChI=1S/C25H28N4O5S/c1-29(16-21-7-4-14-33-21)35(31,32)22-12-10-18(11-13-22)23(30)26-25-28-27-24(34-25)20-9-8-17-5-2-3-6-19(17)15-20/h8-13,15,21H,2-7,14,16H2,1H3,(H,26,28,30)/t21-/m1/s1. The van der Waals surface area contributed by atoms with Crippen LogP contribution in [0.5, 0.6) is 0 Å². The molecule has 1 aliphatic heterocycles. The van der Waals surface area contributed by atoms with E-state index in [9.17, 15) is 13.2 Å². The summed E-state index contributed by atoms with van der Waals surface area (Å²) in [6.07, 6.45) is 6.22. The molecular weight excluding hydrogens is 468 g/mol. The van der Waals surface area contributed by atoms with E-state index in [0.29, 0.717) is 19.0 Å². The third kappa shape index (κ3) is 5.14. The van der Waals surface area contributed by atoms with Crippen molar-refractivity contribution >= 4 is 21.9 Å². The van der Waals surface area contributed by atoms with Crippen molar-refractivity contribution in [3.8, 4) is 11.5 Å². The maximum atomic E-state index is 12.9. The number of hydrogen-bond acceptors (Lipinski definition) is 7. The molecule has 1 fully saturated rings. The number of benzene rings is 2. The fourth-order valence-corrected chi connectivity index (χ4v) is 5.76. The van der Waals surface area contributed by atoms with E-state index in [1.54, 1.807) is 0 Å². The molecule has 2 aliphatic rings. The Morgan fingerprint density at radius 1 is 1.06 bits per heavy atom. The number of fused-ring (bicyclic) bond motifs is 1. The van der Waals surface area contributed by atoms with Gasteiger partial charge in [0.1, 0.15) is 0 Å². The molecule has 1 aliphatic carbocycles. The van der Waals surface area contributed by atoms with Crippen molar-refractivity contribution in [3.05, 3.63) is 59.2 Å². The van der Waals surface area contributed by atoms with Gasteiger partial charge in [0.2, 0.25) is 15.9 Å². The summed E-state index contributed by atoms with van der Waals surface area (Å²) in [5, 5.41) is 10.6. The van der Waals surface area contributed by atoms with E-state index in [1.807, 2.05) is 6.07 Å². The number of aromatic nitrogens is 2. The number of hydrogen-bond donors (Lipinski definition) is 1. The van der Waals surface area contributed by atoms with Crippen molar-refractivity contribution in [2.24, 2.45) is 0 Å². The molecule has 10 heteroatoms. The van der Waals surface area contributed by atoms with Gasteiger partial charge in [0, 0.05) is 31.3 Å². The van der Waals surface area contributed by atoms with Crippen molar-refractivity contribution in [3.63, 3.8) is 0 Å². The SMILES string of the molecule is CN(C[C@H]1CCCO1)S(=O)(=O)c1ccc(C(=O)Nc2nnc(-c3ccc4c(c3)CCCC4)o2)cc1. The molecule has 2 heterocycles. The zero-order valence-electron chi connectivity index (χ0n) is 19.6. The molecule has 184 valence electrons. The zero-order valence-corrected chi connectivity index (χ0v) is 20.4. The minimum absolute atomic E-state index is 0.0179. The van der Waals surface area contributed by atoms with Crippen LogP contribution in [0.25, 0.3) is 11.5 Å². The number of likely N-dealkylation sites (N-methyl/N-ethyl adjacent to an activating group) is 1. The lowest BCUT2D eigenvalue weighted by atomic mass is 9.90. The van der Waals surface area contributed by atoms with Gasteiger partial charge in [-0.3, -0.25) is 10.1 Å². The largest absolute Gasteiger partial charge is 0.403 e. The van der Waals surface area contributed by atoms with Gasteiger partial charge >= 0.3 is 6.01 Å². The van der Waals surface area contributed by atoms with E-state index in [0.717, 1.165) is 31.2 Å². The third-order valence-corrected chi connectivity index (χ3v) is 8.39. The van der Waals surface area contributed by atoms with Crippen LogP contribution in [-0.2, 0) is 27.6 Å². The van der Waals surface area contributed by atoms with Crippen LogP contribution >= 0.6 is 0 Å². The fourth-order valence-electron chi connectivity index (χ4n) is 4.56. The van der Waals surface area contributed by atoms with E-state index in [4.69, 9.17) is 9.15 Å². The van der Waals surface area contributed by atoms with E-state index >= 15 is 0 Å². The predicted molar refractivity (Wildman–Crippen MR) is 130 cm³/mol. The molecule has 0 spiro atoms. The van der Waals surface area contributed by atoms with Crippen LogP contribution in [0.3, 0.4) is 0 Å². The molecule has 1 atom stereocenters. The van der Waals surface area contributed by atoms with Crippen molar-refractivity contribution in [1.29, 1.82) is 0 Å². The first kappa shape index (κ1) is 23.7. The average molecular weight is 497 g/mol. The topological polar surface area (TPSA) is 115 Å². The summed E-state index contributed by atoms with van der Waals surface area (Å²) < 4.78 is 38.2. The molecule has 1 N–H and O–H groups in total. The van der Waals surface area contributed by atoms with Crippen LogP contribution in [-0.4, -0.2) is 55.1 Å². The van der Waals surface area contributed by atoms with Crippen LogP contribution in [0.2, 0.25) is 0 Å². The Morgan fingerprint density at radius 3 is 2.57 bits per heavy atom. The molecule has 1 amide bonds. The van der Waals surface area contributed by atoms with E-state index in [-0.39, 0.29) is 22.6 Å². The van der Waals surface area contributed by atoms with Crippen molar-refractivity contribution in [2.75, 3.05) is 25.5 Å². The second-order valence-electron chi connectivity index (χ2n) is 9.00. The number of carbonyl (C=O) groups is 1. The Morgan fingerprint density at radius 2 is 1.83 bits per heavy atom. The second-order valence-corrected chi connectivity index (χ2v) is 11.0. The Kier molecular flexibility index (Phi) is 6.68. The molecule has 3 aromatic rings. The highest BCUT2D eigenvalue weighted by Gasteiger charge is 2.26. The lowest BCUT2D eigenvalue weighted by Gasteiger charge is -2.20. The van der Waals surface area contributed by atoms with Gasteiger partial charge in [-0.1, -0.05) is 11.2 Å². The summed E-state index contributed by atoms with van der Waals surface area (Å²) in [5.74, 6) is -0.133. The highest BCUT2D eigenvalue weighted by Crippen LogP contribution is 2.27. The van der Waals surface area contributed by atoms with Crippen molar-refractivity contribution < 1.29 is 22.4 Å². The van der Waals surface area contributed by atoms with Gasteiger partial charge in [-0.15, -0.1) is 5.10 Å². The predicted octanol–water partition coefficient (Wildman–Crippen LogP) is 3.67. The van der Waals surface area contributed by atoms with Crippen LogP contribution in [0.15, 0.2) is 51.8 Å². The highest BCUT2D eigenvalue weighted by molar-refractivity contribution is 7.89. The van der Waals surface area contributed by atoms with Gasteiger partial charge in [0.05, 0.1) is 11.0 Å². The molecule has 0 bridgehead atoms. The van der Waals surface area contributed by atoms with Crippen LogP contribution in [0, 0.1) is 0 Å². The monoisotopic (exact) mass is 496 g/mol. The zero-order chi connectivity index (χ0) is 24.4. The van der Waals surface area contributed by atoms with E-state index in [2.05, 4.69) is 27.6 Å². The normalized spacial score (nSPS) is 17.9. The number of nitrogens with zero attached hydrogens (tertiary/aromatic N) is 3. The quantitative estimate of drug-likeness (QED) is 0.531. The lowest BCUT2D eigenvalue weighted by Crippen LogP contribution is -2.34. The summed E-state index contributed by atoms with van der Waals surface area (Å²) in [6.45, 7) is 0.964. The number of anilines is 1. The number of nitrogens with one attached hydrogen (secondary N) is 1. The van der Waals surface area contributed by atoms with Gasteiger partial charge in [-0.25, -0.2) is 8.42 Å². The van der Waals surface area contributed by atoms with Crippen LogP contribution < -0.4 is 5.32 Å². The van der Waals surface area contributed by atoms with Gasteiger partial charge in [0.15, 0.2) is 0 Å². The first-order valence-electron chi connectivity index (χ1n) is 11.9. The molecular formula is C25H28N4O5S. The van der Waals surface area contributed by atoms with Crippen LogP contribution in [0.1, 0.15) is 47.2 Å². The number of carbonyl (C=O) groups excluding carboxylic acids is 1. The Labute approximate surface area is 204 Å². The third-order valence-electron chi connectivity index (χ3n) is 6.55. The Balaban J connectivity index is 1.24. The molecule has 1 aromatic heterocycles. The van der Waals surface area contributed by atoms with Gasteiger partial charge in [-0.05, 0) is 86.1 Å². The van der Waals surface area contributed by atoms with Crippen LogP contribution in [0.4, 0.5) is 6.01 Å². The number of aryl methyl sites for hydroxylation is 2. The summed E-state index contributed by atoms with van der Waals surface area (Å²) >= 11 is 0. The minimum atomic E-state index is -3.68. The summed E-state index contributed by atoms with van der Waals surface area (Å²) in [4.78, 5) is 12.8. The molecule has 1 saturated heterocycles. The Hall–Kier alpha value is -3.08. The number of ether oxygens (including phenoxy) is 1. The maximum Gasteiger partial charge on any atom is 0.322 e. The van der Waals surface area contributed by atoms with E-state index in [1.165, 1.54) is 59.6 Å². The molecule has 0 unspecified atom stereocenters. The number of sulfonamides is 1. The molecule has 35 heavy (non-hydrogen) atoms. The molecule has 0 radical (unpaired) electrons. The minimum Gasteiger partial charge on any atom is -0.403 e. The molecule has 2 aromatic carbocycles. The first-order chi connectivity index (χ1) is 16.9. The smallest absolute Gasteiger partial charge is 0.322 e. The highest BCUT2D eigenvalue weighted by atomic mass is 32.2. The molecule has 0 saturated carbocycles. The molecule has 5 rings (SSSR count). The maximum absolute atomic E-state index is 12.9. The van der Waals surface area contributed by atoms with E-state index < -0.39 is 15.9 Å². The Bertz CT molecular complexity index is 1310. The fraction of sp³-hybridized carbons (Fsp3) is 0.400. The van der Waals surface area contributed by atoms with Gasteiger partial charge in [0.25, 0.3) is 5.91 Å². The first-order valence-corrected chi connectivity index (χ1v) is 13.3. The summed E-state index contributed by atoms with van der Waals surface area (Å²) in [5.41, 5.74) is 3.75. The second kappa shape index (κ2) is 9.88. The average Bonchev–Trinajstić information content (AvgIpc) is 3.56. The van der Waals surface area contributed by atoms with Gasteiger partial charge in [-0.2, -0.15) is 4.31 Å². The summed E-state index contributed by atoms with van der Waals surface area (Å²) in [7, 11) is -2.15. The molecule has 9 nitrogen and oxygen atoms in total.